The van der Waals surface area contributed by atoms with Crippen molar-refractivity contribution < 1.29 is 18.4 Å². The zero-order chi connectivity index (χ0) is 22.3. The Labute approximate surface area is 184 Å². The largest absolute Gasteiger partial charge is 0.366 e. The first-order chi connectivity index (χ1) is 14.7. The van der Waals surface area contributed by atoms with Gasteiger partial charge in [0.05, 0.1) is 13.0 Å². The van der Waals surface area contributed by atoms with Gasteiger partial charge in [0.25, 0.3) is 0 Å². The molecule has 0 saturated carbocycles. The molecule has 0 aromatic heterocycles. The van der Waals surface area contributed by atoms with Crippen LogP contribution in [-0.2, 0) is 16.0 Å². The molecule has 2 aliphatic heterocycles. The molecule has 2 aromatic carbocycles. The smallest absolute Gasteiger partial charge is 0.238 e. The molecule has 0 bridgehead atoms. The van der Waals surface area contributed by atoms with Crippen molar-refractivity contribution >= 4 is 40.5 Å². The second-order valence-corrected chi connectivity index (χ2v) is 8.40. The molecule has 1 N–H and O–H groups in total. The molecule has 2 aromatic rings. The number of nitrogens with zero attached hydrogens (tertiary/aromatic N) is 3. The first-order valence-corrected chi connectivity index (χ1v) is 10.4. The second-order valence-electron chi connectivity index (χ2n) is 8.02. The number of likely N-dealkylation sites (N-methyl/N-ethyl adjacent to an activating group) is 1. The van der Waals surface area contributed by atoms with Gasteiger partial charge in [0, 0.05) is 49.8 Å². The number of amides is 2. The van der Waals surface area contributed by atoms with Crippen molar-refractivity contribution in [2.75, 3.05) is 48.3 Å². The average Bonchev–Trinajstić information content (AvgIpc) is 2.99. The minimum Gasteiger partial charge on any atom is -0.366 e. The van der Waals surface area contributed by atoms with Gasteiger partial charge in [0.15, 0.2) is 0 Å². The first-order valence-electron chi connectivity index (χ1n) is 10.1. The molecular weight excluding hydrogens is 426 g/mol. The van der Waals surface area contributed by atoms with Crippen LogP contribution in [0.4, 0.5) is 25.8 Å². The summed E-state index contributed by atoms with van der Waals surface area (Å²) in [5.41, 5.74) is 2.84. The molecule has 2 aliphatic rings. The van der Waals surface area contributed by atoms with E-state index in [0.29, 0.717) is 37.4 Å². The molecule has 0 spiro atoms. The highest BCUT2D eigenvalue weighted by Crippen LogP contribution is 2.31. The zero-order valence-electron chi connectivity index (χ0n) is 17.3. The molecule has 1 fully saturated rings. The molecule has 6 nitrogen and oxygen atoms in total. The number of carbonyl (C=O) groups excluding carboxylic acids is 2. The van der Waals surface area contributed by atoms with Crippen molar-refractivity contribution in [2.24, 2.45) is 0 Å². The quantitative estimate of drug-likeness (QED) is 0.729. The average molecular weight is 449 g/mol. The van der Waals surface area contributed by atoms with Gasteiger partial charge in [-0.25, -0.2) is 8.78 Å². The summed E-state index contributed by atoms with van der Waals surface area (Å²) in [6.07, 6.45) is 0.379. The van der Waals surface area contributed by atoms with E-state index < -0.39 is 16.7 Å². The summed E-state index contributed by atoms with van der Waals surface area (Å²) in [6.45, 7) is 3.82. The number of halogens is 3. The Kier molecular flexibility index (Phi) is 5.85. The Balaban J connectivity index is 1.35. The third-order valence-electron chi connectivity index (χ3n) is 5.83. The number of benzene rings is 2. The van der Waals surface area contributed by atoms with Gasteiger partial charge < -0.3 is 15.1 Å². The molecule has 0 unspecified atom stereocenters. The van der Waals surface area contributed by atoms with Gasteiger partial charge >= 0.3 is 0 Å². The zero-order valence-corrected chi connectivity index (χ0v) is 18.0. The van der Waals surface area contributed by atoms with Crippen molar-refractivity contribution in [1.29, 1.82) is 0 Å². The van der Waals surface area contributed by atoms with E-state index in [9.17, 15) is 18.4 Å². The predicted octanol–water partition coefficient (Wildman–Crippen LogP) is 3.29. The van der Waals surface area contributed by atoms with Crippen LogP contribution >= 0.6 is 11.6 Å². The van der Waals surface area contributed by atoms with E-state index in [0.717, 1.165) is 11.3 Å². The third kappa shape index (κ3) is 4.36. The Morgan fingerprint density at radius 1 is 1.19 bits per heavy atom. The molecule has 0 radical (unpaired) electrons. The molecule has 1 saturated heterocycles. The third-order valence-corrected chi connectivity index (χ3v) is 6.19. The standard InChI is InChI=1S/C22H23ClF2N4O2/c1-13-11-28(5-6-29(13)16-9-17(24)22(23)18(25)10-16)12-20(30)26-15-4-3-14-7-21(31)27(2)19(14)8-15/h3-4,8-10,13H,5-7,11-12H2,1-2H3,(H,26,30)/t13-/m1/s1. The molecule has 164 valence electrons. The number of carbonyl (C=O) groups is 2. The van der Waals surface area contributed by atoms with Crippen molar-refractivity contribution in [3.8, 4) is 0 Å². The van der Waals surface area contributed by atoms with E-state index in [-0.39, 0.29) is 24.4 Å². The summed E-state index contributed by atoms with van der Waals surface area (Å²) in [5.74, 6) is -1.69. The molecule has 9 heteroatoms. The van der Waals surface area contributed by atoms with E-state index >= 15 is 0 Å². The Morgan fingerprint density at radius 2 is 1.90 bits per heavy atom. The molecule has 31 heavy (non-hydrogen) atoms. The SMILES string of the molecule is C[C@@H]1CN(CC(=O)Nc2ccc3c(c2)N(C)C(=O)C3)CCN1c1cc(F)c(Cl)c(F)c1. The topological polar surface area (TPSA) is 55.9 Å². The number of hydrogen-bond acceptors (Lipinski definition) is 4. The normalized spacial score (nSPS) is 19.0. The van der Waals surface area contributed by atoms with Crippen LogP contribution in [-0.4, -0.2) is 56.0 Å². The number of fused-ring (bicyclic) bond motifs is 1. The van der Waals surface area contributed by atoms with Crippen molar-refractivity contribution in [2.45, 2.75) is 19.4 Å². The van der Waals surface area contributed by atoms with Gasteiger partial charge in [-0.3, -0.25) is 14.5 Å². The van der Waals surface area contributed by atoms with Crippen LogP contribution in [0.5, 0.6) is 0 Å². The summed E-state index contributed by atoms with van der Waals surface area (Å²) in [4.78, 5) is 29.9. The maximum atomic E-state index is 13.8. The van der Waals surface area contributed by atoms with E-state index in [1.54, 1.807) is 18.0 Å². The maximum Gasteiger partial charge on any atom is 0.238 e. The van der Waals surface area contributed by atoms with E-state index in [1.165, 1.54) is 12.1 Å². The van der Waals surface area contributed by atoms with Gasteiger partial charge in [0.2, 0.25) is 11.8 Å². The lowest BCUT2D eigenvalue weighted by atomic mass is 10.1. The van der Waals surface area contributed by atoms with Crippen molar-refractivity contribution in [1.82, 2.24) is 4.90 Å². The molecule has 0 aliphatic carbocycles. The van der Waals surface area contributed by atoms with E-state index in [1.807, 2.05) is 28.9 Å². The van der Waals surface area contributed by atoms with Gasteiger partial charge in [-0.2, -0.15) is 0 Å². The number of nitrogens with one attached hydrogen (secondary N) is 1. The summed E-state index contributed by atoms with van der Waals surface area (Å²) < 4.78 is 27.6. The molecule has 1 atom stereocenters. The summed E-state index contributed by atoms with van der Waals surface area (Å²) >= 11 is 5.58. The summed E-state index contributed by atoms with van der Waals surface area (Å²) in [7, 11) is 1.72. The predicted molar refractivity (Wildman–Crippen MR) is 117 cm³/mol. The van der Waals surface area contributed by atoms with E-state index in [2.05, 4.69) is 5.32 Å². The summed E-state index contributed by atoms with van der Waals surface area (Å²) in [5, 5.41) is 2.38. The molecule has 4 rings (SSSR count). The van der Waals surface area contributed by atoms with Gasteiger partial charge in [-0.1, -0.05) is 17.7 Å². The Morgan fingerprint density at radius 3 is 2.58 bits per heavy atom. The fraction of sp³-hybridized carbons (Fsp3) is 0.364. The van der Waals surface area contributed by atoms with Crippen LogP contribution in [0.3, 0.4) is 0 Å². The fourth-order valence-corrected chi connectivity index (χ4v) is 4.30. The lowest BCUT2D eigenvalue weighted by Gasteiger charge is -2.41. The van der Waals surface area contributed by atoms with Gasteiger partial charge in [-0.15, -0.1) is 0 Å². The highest BCUT2D eigenvalue weighted by Gasteiger charge is 2.27. The van der Waals surface area contributed by atoms with Crippen LogP contribution < -0.4 is 15.1 Å². The maximum absolute atomic E-state index is 13.8. The second kappa shape index (κ2) is 8.43. The molecule has 2 amide bonds. The van der Waals surface area contributed by atoms with Crippen molar-refractivity contribution in [3.05, 3.63) is 52.6 Å². The van der Waals surface area contributed by atoms with Gasteiger partial charge in [0.1, 0.15) is 16.7 Å². The minimum atomic E-state index is -0.785. The molecular formula is C22H23ClF2N4O2. The minimum absolute atomic E-state index is 0.0331. The number of anilines is 3. The Hall–Kier alpha value is -2.71. The monoisotopic (exact) mass is 448 g/mol. The van der Waals surface area contributed by atoms with Crippen molar-refractivity contribution in [3.63, 3.8) is 0 Å². The number of rotatable bonds is 4. The summed E-state index contributed by atoms with van der Waals surface area (Å²) in [6, 6.07) is 7.90. The first kappa shape index (κ1) is 21.5. The van der Waals surface area contributed by atoms with Crippen LogP contribution in [0.2, 0.25) is 5.02 Å². The number of piperazine rings is 1. The van der Waals surface area contributed by atoms with Crippen LogP contribution in [0.15, 0.2) is 30.3 Å². The van der Waals surface area contributed by atoms with Crippen LogP contribution in [0, 0.1) is 11.6 Å². The Bertz CT molecular complexity index is 1030. The fourth-order valence-electron chi connectivity index (χ4n) is 4.19. The lowest BCUT2D eigenvalue weighted by Crippen LogP contribution is -2.53. The van der Waals surface area contributed by atoms with Crippen LogP contribution in [0.25, 0.3) is 0 Å². The molecule has 2 heterocycles. The lowest BCUT2D eigenvalue weighted by molar-refractivity contribution is -0.118. The highest BCUT2D eigenvalue weighted by molar-refractivity contribution is 6.31. The van der Waals surface area contributed by atoms with E-state index in [4.69, 9.17) is 11.6 Å². The number of hydrogen-bond donors (Lipinski definition) is 1. The van der Waals surface area contributed by atoms with Gasteiger partial charge in [-0.05, 0) is 36.8 Å². The highest BCUT2D eigenvalue weighted by atomic mass is 35.5. The van der Waals surface area contributed by atoms with Crippen LogP contribution in [0.1, 0.15) is 12.5 Å².